The number of carbonyl (C=O) groups is 11. The lowest BCUT2D eigenvalue weighted by Crippen LogP contribution is -2.35. The van der Waals surface area contributed by atoms with Gasteiger partial charge in [-0.05, 0) is 97.8 Å². The first-order valence-electron chi connectivity index (χ1n) is 29.0. The van der Waals surface area contributed by atoms with Crippen molar-refractivity contribution in [1.29, 1.82) is 0 Å². The van der Waals surface area contributed by atoms with Gasteiger partial charge in [-0.25, -0.2) is 24.9 Å². The molecule has 6 aromatic rings. The number of amidine groups is 1. The molecule has 98 heavy (non-hydrogen) atoms. The lowest BCUT2D eigenvalue weighted by Gasteiger charge is -2.14. The van der Waals surface area contributed by atoms with Crippen LogP contribution in [0.15, 0.2) is 184 Å². The number of thioether (sulfide) groups is 3. The molecule has 5 aromatic carbocycles. The molecular weight excluding hydrogens is 1390 g/mol. The van der Waals surface area contributed by atoms with E-state index in [1.807, 2.05) is 104 Å². The van der Waals surface area contributed by atoms with Gasteiger partial charge in [-0.1, -0.05) is 145 Å². The number of aromatic carboxylic acids is 1. The minimum atomic E-state index is -4.30. The quantitative estimate of drug-likeness (QED) is 0.0375. The number of nitrogens with two attached hydrogens (primary N) is 1. The molecule has 0 bridgehead atoms. The second-order valence-electron chi connectivity index (χ2n) is 20.0. The number of aromatic nitrogens is 1. The molecule has 13 rings (SSSR count). The van der Waals surface area contributed by atoms with Gasteiger partial charge in [0, 0.05) is 12.7 Å². The SMILES string of the molecule is CCN1NC(=O)CC1=O.CCOC(=O)C1=NN(c2ccc(S(=O)(=O)O)cc2)C(=O)C1.NC1=NN(c2ccccc2)C(=O)C1.O=C(O)c1ccc(N2C(=O)CSC2=S)cc1.O=C1CC(c2ccccc2)=NN1.O=C1CSC(=O)N1Cc1ccccc1.O=C1CSC(=S)N1c1ccccn1. The molecule has 0 saturated carbocycles. The van der Waals surface area contributed by atoms with E-state index in [-0.39, 0.29) is 100 Å². The molecule has 1 aromatic heterocycles. The molecule has 0 spiro atoms. The van der Waals surface area contributed by atoms with E-state index in [2.05, 4.69) is 31.1 Å². The highest BCUT2D eigenvalue weighted by atomic mass is 32.2. The van der Waals surface area contributed by atoms with Crippen LogP contribution in [0.2, 0.25) is 0 Å². The number of hydrogen-bond donors (Lipinski definition) is 5. The van der Waals surface area contributed by atoms with Crippen LogP contribution in [0.4, 0.5) is 27.7 Å². The van der Waals surface area contributed by atoms with Crippen LogP contribution in [-0.4, -0.2) is 154 Å². The largest absolute Gasteiger partial charge is 0.478 e. The molecule has 0 radical (unpaired) electrons. The smallest absolute Gasteiger partial charge is 0.355 e. The summed E-state index contributed by atoms with van der Waals surface area (Å²) in [5.41, 5.74) is 14.9. The standard InChI is InChI=1S/C12H12N2O6S.C10H7NO3S2.C10H9NO2S.C9H9N3O.C9H8N2O.C8H6N2OS2.C5H8N2O2/c1-2-20-12(16)10-7-11(15)14(13-10)8-3-5-9(6-4-8)21(17,18)19;12-8-5-16-10(15)11(8)7-3-1-6(2-4-7)9(13)14;12-9-7-14-10(13)11(9)6-8-4-2-1-3-5-8;10-8-6-9(13)12(11-8)7-4-2-1-3-5-7;12-9-6-8(10-11-9)7-4-2-1-3-5-7;11-7-5-13-8(12)10(7)6-3-1-2-4-9-6;1-2-7-5(9)3-4(8)6-7/h3-6H,2,7H2,1H3,(H,17,18,19);1-4H,5H2,(H,13,14);1-5H,6-7H2;1-5H,6H2,(H2,10,11);1-5H,6H2,(H,11,12);1-4H,5H2;2-3H2,1H3,(H,6,8). The Balaban J connectivity index is 0.000000163. The van der Waals surface area contributed by atoms with Crippen LogP contribution < -0.4 is 36.4 Å². The fourth-order valence-corrected chi connectivity index (χ4v) is 11.9. The Morgan fingerprint density at radius 1 is 0.602 bits per heavy atom. The highest BCUT2D eigenvalue weighted by molar-refractivity contribution is 8.25. The number of benzene rings is 5. The van der Waals surface area contributed by atoms with Crippen molar-refractivity contribution in [3.63, 3.8) is 0 Å². The number of hydrazine groups is 1. The summed E-state index contributed by atoms with van der Waals surface area (Å²) in [5.74, 6) is -0.661. The van der Waals surface area contributed by atoms with E-state index in [9.17, 15) is 61.2 Å². The fourth-order valence-electron chi connectivity index (χ4n) is 8.56. The molecule has 8 heterocycles. The monoisotopic (exact) mass is 1450 g/mol. The van der Waals surface area contributed by atoms with E-state index in [1.165, 1.54) is 72.5 Å². The molecule has 508 valence electrons. The molecule has 35 heteroatoms. The number of nitrogens with one attached hydrogen (secondary N) is 2. The lowest BCUT2D eigenvalue weighted by molar-refractivity contribution is -0.135. The number of hydrazone groups is 3. The van der Waals surface area contributed by atoms with Gasteiger partial charge in [-0.2, -0.15) is 33.7 Å². The van der Waals surface area contributed by atoms with Crippen LogP contribution in [0.5, 0.6) is 0 Å². The molecule has 0 atom stereocenters. The third kappa shape index (κ3) is 21.5. The van der Waals surface area contributed by atoms with E-state index in [4.69, 9.17) is 44.6 Å². The summed E-state index contributed by atoms with van der Waals surface area (Å²) >= 11 is 13.8. The number of pyridine rings is 1. The van der Waals surface area contributed by atoms with Gasteiger partial charge < -0.3 is 15.6 Å². The van der Waals surface area contributed by atoms with Crippen molar-refractivity contribution in [2.75, 3.05) is 50.2 Å². The Hall–Kier alpha value is -10.4. The van der Waals surface area contributed by atoms with E-state index >= 15 is 0 Å². The van der Waals surface area contributed by atoms with Gasteiger partial charge in [0.2, 0.25) is 35.4 Å². The molecule has 0 unspecified atom stereocenters. The maximum absolute atomic E-state index is 11.8. The highest BCUT2D eigenvalue weighted by Crippen LogP contribution is 2.28. The first-order valence-corrected chi connectivity index (χ1v) is 34.2. The highest BCUT2D eigenvalue weighted by Gasteiger charge is 2.33. The van der Waals surface area contributed by atoms with Crippen molar-refractivity contribution < 1.29 is 75.6 Å². The predicted molar refractivity (Wildman–Crippen MR) is 376 cm³/mol. The first kappa shape index (κ1) is 75.0. The molecule has 4 saturated heterocycles. The number of ether oxygens (including phenoxy) is 1. The topological polar surface area (TPSA) is 391 Å². The Morgan fingerprint density at radius 3 is 1.62 bits per heavy atom. The number of hydrogen-bond acceptors (Lipinski definition) is 24. The zero-order valence-electron chi connectivity index (χ0n) is 51.8. The van der Waals surface area contributed by atoms with Crippen molar-refractivity contribution in [3.05, 3.63) is 181 Å². The molecule has 0 aliphatic carbocycles. The number of esters is 1. The van der Waals surface area contributed by atoms with Crippen LogP contribution >= 0.6 is 59.7 Å². The van der Waals surface area contributed by atoms with E-state index in [0.717, 1.165) is 51.4 Å². The van der Waals surface area contributed by atoms with Gasteiger partial charge in [-0.3, -0.25) is 67.9 Å². The number of thiocarbonyl (C=S) groups is 2. The van der Waals surface area contributed by atoms with Crippen molar-refractivity contribution in [3.8, 4) is 0 Å². The Kier molecular flexibility index (Phi) is 27.6. The number of anilines is 4. The van der Waals surface area contributed by atoms with Crippen molar-refractivity contribution in [2.24, 2.45) is 21.0 Å². The summed E-state index contributed by atoms with van der Waals surface area (Å²) in [4.78, 5) is 131. The number of carboxylic acids is 1. The molecular formula is C63H59N13O16S6. The average molecular weight is 1450 g/mol. The normalized spacial score (nSPS) is 16.1. The molecule has 7 aliphatic heterocycles. The Bertz CT molecular complexity index is 4170. The summed E-state index contributed by atoms with van der Waals surface area (Å²) in [6.07, 6.45) is 2.08. The summed E-state index contributed by atoms with van der Waals surface area (Å²) in [7, 11) is -4.30. The number of carbonyl (C=O) groups excluding carboxylic acids is 10. The van der Waals surface area contributed by atoms with E-state index < -0.39 is 28.0 Å². The number of para-hydroxylation sites is 1. The number of imide groups is 1. The number of carboxylic acid groups (broad SMARTS) is 1. The first-order chi connectivity index (χ1) is 46.8. The zero-order chi connectivity index (χ0) is 71.1. The number of rotatable bonds is 12. The van der Waals surface area contributed by atoms with Crippen LogP contribution in [0, 0.1) is 0 Å². The van der Waals surface area contributed by atoms with Crippen LogP contribution in [-0.2, 0) is 64.6 Å². The van der Waals surface area contributed by atoms with E-state index in [0.29, 0.717) is 57.0 Å². The van der Waals surface area contributed by atoms with Gasteiger partial charge in [0.15, 0.2) is 5.71 Å². The summed E-state index contributed by atoms with van der Waals surface area (Å²) in [5, 5.41) is 23.9. The third-order valence-corrected chi connectivity index (χ3v) is 17.6. The van der Waals surface area contributed by atoms with E-state index in [1.54, 1.807) is 37.4 Å². The maximum Gasteiger partial charge on any atom is 0.355 e. The van der Waals surface area contributed by atoms with Crippen LogP contribution in [0.3, 0.4) is 0 Å². The molecule has 4 fully saturated rings. The van der Waals surface area contributed by atoms with Gasteiger partial charge in [0.25, 0.3) is 27.2 Å². The molecule has 7 aliphatic rings. The van der Waals surface area contributed by atoms with Crippen LogP contribution in [0.25, 0.3) is 0 Å². The predicted octanol–water partition coefficient (Wildman–Crippen LogP) is 6.54. The summed E-state index contributed by atoms with van der Waals surface area (Å²) in [6, 6.07) is 44.8. The minimum absolute atomic E-state index is 0.00778. The second kappa shape index (κ2) is 36.1. The molecule has 9 amide bonds. The minimum Gasteiger partial charge on any atom is -0.478 e. The van der Waals surface area contributed by atoms with Gasteiger partial charge in [0.05, 0.1) is 82.9 Å². The maximum atomic E-state index is 11.8. The Morgan fingerprint density at radius 2 is 1.15 bits per heavy atom. The fraction of sp³-hybridized carbons (Fsp3) is 0.190. The van der Waals surface area contributed by atoms with Crippen molar-refractivity contribution in [2.45, 2.75) is 51.0 Å². The molecule has 29 nitrogen and oxygen atoms in total. The Labute approximate surface area is 583 Å². The third-order valence-electron chi connectivity index (χ3n) is 13.2. The lowest BCUT2D eigenvalue weighted by atomic mass is 10.1. The van der Waals surface area contributed by atoms with Gasteiger partial charge in [0.1, 0.15) is 26.7 Å². The van der Waals surface area contributed by atoms with Crippen molar-refractivity contribution in [1.82, 2.24) is 25.7 Å². The van der Waals surface area contributed by atoms with Gasteiger partial charge in [-0.15, -0.1) is 0 Å². The van der Waals surface area contributed by atoms with Crippen molar-refractivity contribution >= 4 is 183 Å². The number of nitrogens with zero attached hydrogens (tertiary/aromatic N) is 10. The summed E-state index contributed by atoms with van der Waals surface area (Å²) < 4.78 is 36.6. The second-order valence-corrected chi connectivity index (χ2v) is 25.6. The number of amides is 9. The summed E-state index contributed by atoms with van der Waals surface area (Å²) in [6.45, 7) is 4.57. The molecule has 6 N–H and O–H groups in total. The zero-order valence-corrected chi connectivity index (χ0v) is 56.7. The van der Waals surface area contributed by atoms with Crippen LogP contribution in [0.1, 0.15) is 61.0 Å². The average Bonchev–Trinajstić information content (AvgIpc) is 1.64. The van der Waals surface area contributed by atoms with Gasteiger partial charge >= 0.3 is 11.9 Å².